The number of hydrogen-bond acceptors (Lipinski definition) is 5. The van der Waals surface area contributed by atoms with Gasteiger partial charge in [-0.3, -0.25) is 0 Å². The molecule has 1 aromatic rings. The number of thiophene rings is 1. The first-order valence-corrected chi connectivity index (χ1v) is 9.48. The van der Waals surface area contributed by atoms with Crippen LogP contribution in [0.1, 0.15) is 23.3 Å². The zero-order valence-electron chi connectivity index (χ0n) is 12.9. The first-order chi connectivity index (χ1) is 9.95. The van der Waals surface area contributed by atoms with E-state index >= 15 is 0 Å². The molecule has 0 saturated carbocycles. The van der Waals surface area contributed by atoms with Gasteiger partial charge in [-0.05, 0) is 44.4 Å². The molecule has 2 heterocycles. The predicted octanol–water partition coefficient (Wildman–Crippen LogP) is 1.82. The van der Waals surface area contributed by atoms with Gasteiger partial charge in [-0.25, -0.2) is 8.42 Å². The Kier molecular flexibility index (Phi) is 5.79. The van der Waals surface area contributed by atoms with Crippen molar-refractivity contribution in [1.82, 2.24) is 9.62 Å². The molecule has 0 aromatic carbocycles. The molecule has 1 aliphatic rings. The third-order valence-electron chi connectivity index (χ3n) is 3.86. The Bertz CT molecular complexity index is 563. The minimum atomic E-state index is -3.38. The molecule has 1 fully saturated rings. The molecule has 2 rings (SSSR count). The topological polar surface area (TPSA) is 58.6 Å². The molecule has 0 spiro atoms. The largest absolute Gasteiger partial charge is 0.381 e. The van der Waals surface area contributed by atoms with Crippen molar-refractivity contribution in [1.29, 1.82) is 0 Å². The highest BCUT2D eigenvalue weighted by molar-refractivity contribution is 7.91. The van der Waals surface area contributed by atoms with E-state index in [1.165, 1.54) is 15.6 Å². The van der Waals surface area contributed by atoms with Crippen molar-refractivity contribution in [2.75, 3.05) is 33.9 Å². The Hall–Kier alpha value is -0.470. The van der Waals surface area contributed by atoms with Gasteiger partial charge in [-0.15, -0.1) is 11.3 Å². The number of ether oxygens (including phenoxy) is 1. The smallest absolute Gasteiger partial charge is 0.252 e. The van der Waals surface area contributed by atoms with Crippen molar-refractivity contribution in [3.8, 4) is 0 Å². The minimum Gasteiger partial charge on any atom is -0.381 e. The Balaban J connectivity index is 2.10. The highest BCUT2D eigenvalue weighted by atomic mass is 32.2. The molecule has 1 saturated heterocycles. The molecule has 7 heteroatoms. The summed E-state index contributed by atoms with van der Waals surface area (Å²) < 4.78 is 32.6. The SMILES string of the molecule is CNCc1sc(S(=O)(=O)N(C)CC2CCOCC2)cc1C. The summed E-state index contributed by atoms with van der Waals surface area (Å²) in [6.45, 7) is 4.71. The molecule has 1 aliphatic heterocycles. The van der Waals surface area contributed by atoms with Crippen LogP contribution in [0.3, 0.4) is 0 Å². The van der Waals surface area contributed by atoms with E-state index in [4.69, 9.17) is 4.74 Å². The third kappa shape index (κ3) is 4.04. The highest BCUT2D eigenvalue weighted by Gasteiger charge is 2.27. The number of nitrogens with one attached hydrogen (secondary N) is 1. The lowest BCUT2D eigenvalue weighted by Crippen LogP contribution is -2.33. The molecule has 0 amide bonds. The van der Waals surface area contributed by atoms with Gasteiger partial charge < -0.3 is 10.1 Å². The molecular weight excluding hydrogens is 308 g/mol. The second kappa shape index (κ2) is 7.19. The van der Waals surface area contributed by atoms with Crippen LogP contribution < -0.4 is 5.32 Å². The van der Waals surface area contributed by atoms with Crippen LogP contribution in [0.5, 0.6) is 0 Å². The van der Waals surface area contributed by atoms with Gasteiger partial charge in [0.1, 0.15) is 4.21 Å². The van der Waals surface area contributed by atoms with Gasteiger partial charge in [0, 0.05) is 38.2 Å². The Labute approximate surface area is 131 Å². The fraction of sp³-hybridized carbons (Fsp3) is 0.714. The van der Waals surface area contributed by atoms with Crippen LogP contribution in [0.2, 0.25) is 0 Å². The fourth-order valence-corrected chi connectivity index (χ4v) is 5.56. The summed E-state index contributed by atoms with van der Waals surface area (Å²) in [5.41, 5.74) is 1.03. The summed E-state index contributed by atoms with van der Waals surface area (Å²) in [6, 6.07) is 1.78. The van der Waals surface area contributed by atoms with Gasteiger partial charge in [0.2, 0.25) is 0 Å². The molecule has 0 radical (unpaired) electrons. The van der Waals surface area contributed by atoms with E-state index in [0.717, 1.165) is 36.5 Å². The van der Waals surface area contributed by atoms with E-state index in [1.807, 2.05) is 14.0 Å². The Morgan fingerprint density at radius 2 is 2.10 bits per heavy atom. The second-order valence-corrected chi connectivity index (χ2v) is 8.95. The maximum atomic E-state index is 12.7. The summed E-state index contributed by atoms with van der Waals surface area (Å²) >= 11 is 1.36. The minimum absolute atomic E-state index is 0.399. The van der Waals surface area contributed by atoms with E-state index in [9.17, 15) is 8.42 Å². The molecule has 0 bridgehead atoms. The number of sulfonamides is 1. The van der Waals surface area contributed by atoms with Gasteiger partial charge in [-0.2, -0.15) is 4.31 Å². The van der Waals surface area contributed by atoms with Gasteiger partial charge in [0.25, 0.3) is 10.0 Å². The van der Waals surface area contributed by atoms with Crippen molar-refractivity contribution >= 4 is 21.4 Å². The fourth-order valence-electron chi connectivity index (χ4n) is 2.50. The second-order valence-electron chi connectivity index (χ2n) is 5.54. The van der Waals surface area contributed by atoms with Gasteiger partial charge in [0.15, 0.2) is 0 Å². The van der Waals surface area contributed by atoms with E-state index < -0.39 is 10.0 Å². The summed E-state index contributed by atoms with van der Waals surface area (Å²) in [5.74, 6) is 0.399. The molecule has 1 aromatic heterocycles. The van der Waals surface area contributed by atoms with Crippen molar-refractivity contribution in [2.45, 2.75) is 30.5 Å². The van der Waals surface area contributed by atoms with E-state index in [2.05, 4.69) is 5.32 Å². The normalized spacial score (nSPS) is 17.5. The quantitative estimate of drug-likeness (QED) is 0.863. The average Bonchev–Trinajstić information content (AvgIpc) is 2.82. The van der Waals surface area contributed by atoms with Crippen LogP contribution in [-0.2, 0) is 21.3 Å². The lowest BCUT2D eigenvalue weighted by molar-refractivity contribution is 0.0620. The summed E-state index contributed by atoms with van der Waals surface area (Å²) in [7, 11) is 0.169. The van der Waals surface area contributed by atoms with Crippen molar-refractivity contribution in [2.24, 2.45) is 5.92 Å². The maximum Gasteiger partial charge on any atom is 0.252 e. The molecule has 21 heavy (non-hydrogen) atoms. The summed E-state index contributed by atoms with van der Waals surface area (Å²) in [4.78, 5) is 1.08. The van der Waals surface area contributed by atoms with Crippen molar-refractivity contribution < 1.29 is 13.2 Å². The number of aryl methyl sites for hydroxylation is 1. The third-order valence-corrected chi connectivity index (χ3v) is 7.37. The maximum absolute atomic E-state index is 12.7. The van der Waals surface area contributed by atoms with Gasteiger partial charge >= 0.3 is 0 Å². The molecule has 0 aliphatic carbocycles. The summed E-state index contributed by atoms with van der Waals surface area (Å²) in [5, 5.41) is 3.07. The van der Waals surface area contributed by atoms with Crippen LogP contribution >= 0.6 is 11.3 Å². The van der Waals surface area contributed by atoms with E-state index in [-0.39, 0.29) is 0 Å². The van der Waals surface area contributed by atoms with Gasteiger partial charge in [0.05, 0.1) is 0 Å². The molecule has 0 atom stereocenters. The number of nitrogens with zero attached hydrogens (tertiary/aromatic N) is 1. The first kappa shape index (κ1) is 16.9. The average molecular weight is 332 g/mol. The summed E-state index contributed by atoms with van der Waals surface area (Å²) in [6.07, 6.45) is 1.88. The van der Waals surface area contributed by atoms with Crippen LogP contribution in [0.25, 0.3) is 0 Å². The Morgan fingerprint density at radius 1 is 1.43 bits per heavy atom. The molecule has 120 valence electrons. The van der Waals surface area contributed by atoms with Crippen molar-refractivity contribution in [3.63, 3.8) is 0 Å². The lowest BCUT2D eigenvalue weighted by Gasteiger charge is -2.26. The highest BCUT2D eigenvalue weighted by Crippen LogP contribution is 2.29. The predicted molar refractivity (Wildman–Crippen MR) is 85.2 cm³/mol. The van der Waals surface area contributed by atoms with Crippen LogP contribution in [-0.4, -0.2) is 46.6 Å². The van der Waals surface area contributed by atoms with Crippen molar-refractivity contribution in [3.05, 3.63) is 16.5 Å². The molecular formula is C14H24N2O3S2. The molecule has 1 N–H and O–H groups in total. The number of rotatable bonds is 6. The zero-order valence-corrected chi connectivity index (χ0v) is 14.5. The lowest BCUT2D eigenvalue weighted by atomic mass is 10.0. The van der Waals surface area contributed by atoms with Gasteiger partial charge in [-0.1, -0.05) is 0 Å². The standard InChI is InChI=1S/C14H24N2O3S2/c1-11-8-14(20-13(11)9-15-2)21(17,18)16(3)10-12-4-6-19-7-5-12/h8,12,15H,4-7,9-10H2,1-3H3. The Morgan fingerprint density at radius 3 is 2.71 bits per heavy atom. The monoisotopic (exact) mass is 332 g/mol. The van der Waals surface area contributed by atoms with E-state index in [0.29, 0.717) is 23.2 Å². The number of hydrogen-bond donors (Lipinski definition) is 1. The van der Waals surface area contributed by atoms with Crippen LogP contribution in [0.15, 0.2) is 10.3 Å². The molecule has 0 unspecified atom stereocenters. The molecule has 5 nitrogen and oxygen atoms in total. The zero-order chi connectivity index (χ0) is 15.5. The van der Waals surface area contributed by atoms with E-state index in [1.54, 1.807) is 13.1 Å². The van der Waals surface area contributed by atoms with Crippen LogP contribution in [0, 0.1) is 12.8 Å². The first-order valence-electron chi connectivity index (χ1n) is 7.23. The van der Waals surface area contributed by atoms with Crippen LogP contribution in [0.4, 0.5) is 0 Å².